The lowest BCUT2D eigenvalue weighted by molar-refractivity contribution is -0.144. The van der Waals surface area contributed by atoms with E-state index in [-0.39, 0.29) is 0 Å². The van der Waals surface area contributed by atoms with Crippen LogP contribution in [0.2, 0.25) is 0 Å². The Bertz CT molecular complexity index is 408. The molecular weight excluding hydrogens is 214 g/mol. The summed E-state index contributed by atoms with van der Waals surface area (Å²) < 4.78 is 0. The van der Waals surface area contributed by atoms with Crippen LogP contribution in [-0.2, 0) is 11.2 Å². The first kappa shape index (κ1) is 12.1. The van der Waals surface area contributed by atoms with Crippen molar-refractivity contribution in [2.45, 2.75) is 38.1 Å². The van der Waals surface area contributed by atoms with Crippen LogP contribution in [0.25, 0.3) is 0 Å². The van der Waals surface area contributed by atoms with Gasteiger partial charge in [0.15, 0.2) is 0 Å². The molecule has 1 unspecified atom stereocenters. The fraction of sp³-hybridized carbons (Fsp3) is 0.500. The normalized spacial score (nSPS) is 23.8. The summed E-state index contributed by atoms with van der Waals surface area (Å²) in [5.41, 5.74) is 1.76. The second kappa shape index (κ2) is 4.88. The molecule has 2 N–H and O–H groups in total. The van der Waals surface area contributed by atoms with Gasteiger partial charge in [0, 0.05) is 0 Å². The number of carboxylic acids is 1. The van der Waals surface area contributed by atoms with Crippen LogP contribution in [-0.4, -0.2) is 23.2 Å². The van der Waals surface area contributed by atoms with Gasteiger partial charge in [0.1, 0.15) is 5.54 Å². The first-order valence-corrected chi connectivity index (χ1v) is 6.16. The molecule has 1 aromatic carbocycles. The van der Waals surface area contributed by atoms with Crippen molar-refractivity contribution in [2.24, 2.45) is 0 Å². The third-order valence-corrected chi connectivity index (χ3v) is 3.58. The summed E-state index contributed by atoms with van der Waals surface area (Å²) in [4.78, 5) is 11.3. The Labute approximate surface area is 102 Å². The lowest BCUT2D eigenvalue weighted by Gasteiger charge is -2.24. The molecule has 1 aliphatic heterocycles. The zero-order chi connectivity index (χ0) is 12.3. The smallest absolute Gasteiger partial charge is 0.323 e. The highest BCUT2D eigenvalue weighted by molar-refractivity contribution is 5.79. The van der Waals surface area contributed by atoms with E-state index in [1.165, 1.54) is 11.1 Å². The number of hydrogen-bond acceptors (Lipinski definition) is 2. The molecule has 1 fully saturated rings. The van der Waals surface area contributed by atoms with Gasteiger partial charge in [-0.25, -0.2) is 0 Å². The number of benzene rings is 1. The van der Waals surface area contributed by atoms with Gasteiger partial charge in [-0.05, 0) is 44.7 Å². The fourth-order valence-corrected chi connectivity index (χ4v) is 2.53. The van der Waals surface area contributed by atoms with Crippen LogP contribution >= 0.6 is 0 Å². The van der Waals surface area contributed by atoms with E-state index in [1.54, 1.807) is 0 Å². The van der Waals surface area contributed by atoms with Gasteiger partial charge in [0.05, 0.1) is 0 Å². The van der Waals surface area contributed by atoms with Gasteiger partial charge >= 0.3 is 5.97 Å². The molecule has 0 radical (unpaired) electrons. The molecule has 2 rings (SSSR count). The monoisotopic (exact) mass is 233 g/mol. The number of carbonyl (C=O) groups is 1. The standard InChI is InChI=1S/C14H19NO2/c1-11-4-2-5-12(10-11)6-8-14(13(16)17)7-3-9-15-14/h2,4-5,10,15H,3,6-9H2,1H3,(H,16,17). The predicted octanol–water partition coefficient (Wildman–Crippen LogP) is 2.13. The van der Waals surface area contributed by atoms with E-state index in [0.29, 0.717) is 6.42 Å². The van der Waals surface area contributed by atoms with Gasteiger partial charge in [-0.3, -0.25) is 4.79 Å². The van der Waals surface area contributed by atoms with Crippen LogP contribution in [0.3, 0.4) is 0 Å². The van der Waals surface area contributed by atoms with E-state index < -0.39 is 11.5 Å². The van der Waals surface area contributed by atoms with Gasteiger partial charge in [0.25, 0.3) is 0 Å². The molecule has 1 atom stereocenters. The van der Waals surface area contributed by atoms with Crippen molar-refractivity contribution in [1.29, 1.82) is 0 Å². The van der Waals surface area contributed by atoms with Crippen LogP contribution in [0.15, 0.2) is 24.3 Å². The maximum atomic E-state index is 11.3. The summed E-state index contributed by atoms with van der Waals surface area (Å²) in [6.45, 7) is 2.88. The van der Waals surface area contributed by atoms with Crippen LogP contribution in [0.5, 0.6) is 0 Å². The number of aliphatic carboxylic acids is 1. The zero-order valence-corrected chi connectivity index (χ0v) is 10.2. The zero-order valence-electron chi connectivity index (χ0n) is 10.2. The molecule has 0 spiro atoms. The van der Waals surface area contributed by atoms with Crippen molar-refractivity contribution < 1.29 is 9.90 Å². The molecule has 1 saturated heterocycles. The summed E-state index contributed by atoms with van der Waals surface area (Å²) in [5, 5.41) is 12.5. The highest BCUT2D eigenvalue weighted by Crippen LogP contribution is 2.25. The van der Waals surface area contributed by atoms with Crippen LogP contribution in [0.1, 0.15) is 30.4 Å². The summed E-state index contributed by atoms with van der Waals surface area (Å²) in [7, 11) is 0. The van der Waals surface area contributed by atoms with Gasteiger partial charge in [-0.15, -0.1) is 0 Å². The minimum absolute atomic E-state index is 0.672. The molecule has 1 aromatic rings. The van der Waals surface area contributed by atoms with Crippen molar-refractivity contribution in [3.63, 3.8) is 0 Å². The highest BCUT2D eigenvalue weighted by Gasteiger charge is 2.40. The number of nitrogens with one attached hydrogen (secondary N) is 1. The van der Waals surface area contributed by atoms with E-state index in [0.717, 1.165) is 25.8 Å². The van der Waals surface area contributed by atoms with E-state index in [1.807, 2.05) is 6.07 Å². The first-order valence-electron chi connectivity index (χ1n) is 6.16. The first-order chi connectivity index (χ1) is 8.12. The summed E-state index contributed by atoms with van der Waals surface area (Å²) in [6.07, 6.45) is 3.20. The molecule has 0 bridgehead atoms. The van der Waals surface area contributed by atoms with Crippen molar-refractivity contribution >= 4 is 5.97 Å². The SMILES string of the molecule is Cc1cccc(CCC2(C(=O)O)CCCN2)c1. The van der Waals surface area contributed by atoms with E-state index in [2.05, 4.69) is 30.4 Å². The Morgan fingerprint density at radius 2 is 2.35 bits per heavy atom. The molecule has 3 heteroatoms. The molecule has 92 valence electrons. The molecule has 0 aromatic heterocycles. The Morgan fingerprint density at radius 3 is 2.94 bits per heavy atom. The fourth-order valence-electron chi connectivity index (χ4n) is 2.53. The van der Waals surface area contributed by atoms with Crippen LogP contribution < -0.4 is 5.32 Å². The maximum Gasteiger partial charge on any atom is 0.323 e. The largest absolute Gasteiger partial charge is 0.480 e. The average Bonchev–Trinajstić information content (AvgIpc) is 2.76. The van der Waals surface area contributed by atoms with Gasteiger partial charge < -0.3 is 10.4 Å². The molecule has 1 heterocycles. The van der Waals surface area contributed by atoms with Gasteiger partial charge in [0.2, 0.25) is 0 Å². The number of aryl methyl sites for hydroxylation is 2. The lowest BCUT2D eigenvalue weighted by atomic mass is 9.89. The van der Waals surface area contributed by atoms with Crippen molar-refractivity contribution in [3.05, 3.63) is 35.4 Å². The molecule has 0 saturated carbocycles. The molecule has 0 aliphatic carbocycles. The number of hydrogen-bond donors (Lipinski definition) is 2. The van der Waals surface area contributed by atoms with Crippen molar-refractivity contribution in [1.82, 2.24) is 5.32 Å². The van der Waals surface area contributed by atoms with E-state index >= 15 is 0 Å². The minimum Gasteiger partial charge on any atom is -0.480 e. The summed E-state index contributed by atoms with van der Waals surface area (Å²) >= 11 is 0. The Hall–Kier alpha value is -1.35. The lowest BCUT2D eigenvalue weighted by Crippen LogP contribution is -2.47. The third kappa shape index (κ3) is 2.67. The number of rotatable bonds is 4. The van der Waals surface area contributed by atoms with E-state index in [4.69, 9.17) is 0 Å². The average molecular weight is 233 g/mol. The van der Waals surface area contributed by atoms with Crippen LogP contribution in [0, 0.1) is 6.92 Å². The predicted molar refractivity (Wildman–Crippen MR) is 67.1 cm³/mol. The second-order valence-corrected chi connectivity index (χ2v) is 4.91. The van der Waals surface area contributed by atoms with Crippen molar-refractivity contribution in [3.8, 4) is 0 Å². The topological polar surface area (TPSA) is 49.3 Å². The van der Waals surface area contributed by atoms with Gasteiger partial charge in [-0.1, -0.05) is 29.8 Å². The van der Waals surface area contributed by atoms with Crippen molar-refractivity contribution in [2.75, 3.05) is 6.54 Å². The van der Waals surface area contributed by atoms with Crippen LogP contribution in [0.4, 0.5) is 0 Å². The molecular formula is C14H19NO2. The summed E-state index contributed by atoms with van der Waals surface area (Å²) in [5.74, 6) is -0.706. The Balaban J connectivity index is 2.03. The minimum atomic E-state index is -0.706. The molecule has 1 aliphatic rings. The third-order valence-electron chi connectivity index (χ3n) is 3.58. The van der Waals surface area contributed by atoms with E-state index in [9.17, 15) is 9.90 Å². The summed E-state index contributed by atoms with van der Waals surface area (Å²) in [6, 6.07) is 8.28. The molecule has 17 heavy (non-hydrogen) atoms. The highest BCUT2D eigenvalue weighted by atomic mass is 16.4. The molecule has 0 amide bonds. The Morgan fingerprint density at radius 1 is 1.53 bits per heavy atom. The quantitative estimate of drug-likeness (QED) is 0.837. The maximum absolute atomic E-state index is 11.3. The molecule has 3 nitrogen and oxygen atoms in total. The second-order valence-electron chi connectivity index (χ2n) is 4.91. The van der Waals surface area contributed by atoms with Gasteiger partial charge in [-0.2, -0.15) is 0 Å². The Kier molecular flexibility index (Phi) is 3.48. The number of carboxylic acid groups (broad SMARTS) is 1.